The molecule has 0 N–H and O–H groups in total. The third-order valence-electron chi connectivity index (χ3n) is 4.46. The van der Waals surface area contributed by atoms with Gasteiger partial charge in [-0.25, -0.2) is 9.59 Å². The maximum Gasteiger partial charge on any atom is 0.334 e. The molecule has 1 fully saturated rings. The van der Waals surface area contributed by atoms with Crippen molar-refractivity contribution in [2.45, 2.75) is 71.1 Å². The Morgan fingerprint density at radius 1 is 0.909 bits per heavy atom. The van der Waals surface area contributed by atoms with E-state index in [9.17, 15) is 9.59 Å². The summed E-state index contributed by atoms with van der Waals surface area (Å²) in [5.74, 6) is -0.591. The van der Waals surface area contributed by atoms with Crippen LogP contribution in [0.1, 0.15) is 71.1 Å². The van der Waals surface area contributed by atoms with Crippen LogP contribution in [0.15, 0.2) is 11.1 Å². The van der Waals surface area contributed by atoms with E-state index in [4.69, 9.17) is 9.47 Å². The molecule has 0 aromatic carbocycles. The minimum absolute atomic E-state index is 0.140. The van der Waals surface area contributed by atoms with Gasteiger partial charge in [-0.1, -0.05) is 45.4 Å². The smallest absolute Gasteiger partial charge is 0.334 e. The molecule has 0 heterocycles. The average molecular weight is 310 g/mol. The summed E-state index contributed by atoms with van der Waals surface area (Å²) in [7, 11) is 2.77. The van der Waals surface area contributed by atoms with Crippen LogP contribution in [-0.2, 0) is 19.1 Å². The fourth-order valence-electron chi connectivity index (χ4n) is 3.24. The Hall–Kier alpha value is -1.32. The second kappa shape index (κ2) is 10.4. The molecule has 4 heteroatoms. The summed E-state index contributed by atoms with van der Waals surface area (Å²) < 4.78 is 9.90. The van der Waals surface area contributed by atoms with Crippen molar-refractivity contribution >= 4 is 11.9 Å². The van der Waals surface area contributed by atoms with Gasteiger partial charge in [0.2, 0.25) is 0 Å². The normalized spacial score (nSPS) is 16.9. The third-order valence-corrected chi connectivity index (χ3v) is 4.46. The number of hydrogen-bond donors (Lipinski definition) is 0. The summed E-state index contributed by atoms with van der Waals surface area (Å²) in [5.41, 5.74) is 1.11. The number of ether oxygens (including phenoxy) is 2. The molecule has 1 saturated carbocycles. The molecule has 1 aliphatic carbocycles. The van der Waals surface area contributed by atoms with Crippen molar-refractivity contribution in [2.24, 2.45) is 5.92 Å². The van der Waals surface area contributed by atoms with E-state index in [0.717, 1.165) is 51.4 Å². The van der Waals surface area contributed by atoms with Crippen LogP contribution in [0.2, 0.25) is 0 Å². The van der Waals surface area contributed by atoms with Gasteiger partial charge in [-0.15, -0.1) is 0 Å². The van der Waals surface area contributed by atoms with Gasteiger partial charge in [0.1, 0.15) is 0 Å². The molecule has 0 amide bonds. The standard InChI is InChI=1S/C18H30O4/c1-4-5-6-10-13-15(17(19)21-2)16(18(20)22-3)14-11-8-7-9-12-14/h14H,4-13H2,1-3H3/b16-15-. The molecule has 0 bridgehead atoms. The molecule has 0 unspecified atom stereocenters. The predicted octanol–water partition coefficient (Wildman–Crippen LogP) is 4.18. The van der Waals surface area contributed by atoms with Crippen molar-refractivity contribution in [3.05, 3.63) is 11.1 Å². The molecule has 1 aliphatic rings. The first-order valence-corrected chi connectivity index (χ1v) is 8.55. The molecule has 0 atom stereocenters. The van der Waals surface area contributed by atoms with Gasteiger partial charge in [-0.05, 0) is 31.6 Å². The van der Waals surface area contributed by atoms with E-state index in [1.165, 1.54) is 20.6 Å². The SMILES string of the molecule is CCCCCC/C(C(=O)OC)=C(/C(=O)OC)C1CCCCC1. The van der Waals surface area contributed by atoms with Gasteiger partial charge in [-0.2, -0.15) is 0 Å². The zero-order valence-corrected chi connectivity index (χ0v) is 14.3. The fourth-order valence-corrected chi connectivity index (χ4v) is 3.24. The van der Waals surface area contributed by atoms with Gasteiger partial charge in [0, 0.05) is 5.57 Å². The Labute approximate surface area is 134 Å². The minimum atomic E-state index is -0.373. The molecular weight excluding hydrogens is 280 g/mol. The number of esters is 2. The van der Waals surface area contributed by atoms with Gasteiger partial charge in [0.05, 0.1) is 19.8 Å². The molecule has 4 nitrogen and oxygen atoms in total. The highest BCUT2D eigenvalue weighted by Gasteiger charge is 2.30. The van der Waals surface area contributed by atoms with Crippen LogP contribution in [0, 0.1) is 5.92 Å². The summed E-state index contributed by atoms with van der Waals surface area (Å²) in [4.78, 5) is 24.5. The maximum atomic E-state index is 12.3. The topological polar surface area (TPSA) is 52.6 Å². The zero-order valence-electron chi connectivity index (χ0n) is 14.3. The highest BCUT2D eigenvalue weighted by Crippen LogP contribution is 2.33. The van der Waals surface area contributed by atoms with Crippen LogP contribution in [0.4, 0.5) is 0 Å². The largest absolute Gasteiger partial charge is 0.466 e. The van der Waals surface area contributed by atoms with Gasteiger partial charge >= 0.3 is 11.9 Å². The van der Waals surface area contributed by atoms with Crippen molar-refractivity contribution < 1.29 is 19.1 Å². The first-order chi connectivity index (χ1) is 10.7. The van der Waals surface area contributed by atoms with Crippen molar-refractivity contribution in [1.82, 2.24) is 0 Å². The van der Waals surface area contributed by atoms with Crippen LogP contribution >= 0.6 is 0 Å². The lowest BCUT2D eigenvalue weighted by Gasteiger charge is -2.25. The minimum Gasteiger partial charge on any atom is -0.466 e. The molecule has 22 heavy (non-hydrogen) atoms. The molecule has 0 saturated heterocycles. The Balaban J connectivity index is 3.01. The lowest BCUT2D eigenvalue weighted by Crippen LogP contribution is -2.23. The third kappa shape index (κ3) is 5.47. The van der Waals surface area contributed by atoms with E-state index in [1.54, 1.807) is 0 Å². The van der Waals surface area contributed by atoms with E-state index in [1.807, 2.05) is 0 Å². The molecule has 1 rings (SSSR count). The molecule has 0 spiro atoms. The highest BCUT2D eigenvalue weighted by molar-refractivity contribution is 6.00. The van der Waals surface area contributed by atoms with E-state index in [-0.39, 0.29) is 17.9 Å². The van der Waals surface area contributed by atoms with E-state index >= 15 is 0 Å². The van der Waals surface area contributed by atoms with E-state index in [0.29, 0.717) is 17.6 Å². The Morgan fingerprint density at radius 3 is 2.09 bits per heavy atom. The molecule has 126 valence electrons. The van der Waals surface area contributed by atoms with Crippen LogP contribution < -0.4 is 0 Å². The van der Waals surface area contributed by atoms with Crippen LogP contribution in [0.3, 0.4) is 0 Å². The zero-order chi connectivity index (χ0) is 16.4. The summed E-state index contributed by atoms with van der Waals surface area (Å²) in [6, 6.07) is 0. The first kappa shape index (κ1) is 18.7. The monoisotopic (exact) mass is 310 g/mol. The highest BCUT2D eigenvalue weighted by atomic mass is 16.5. The number of rotatable bonds is 8. The average Bonchev–Trinajstić information content (AvgIpc) is 2.57. The second-order valence-electron chi connectivity index (χ2n) is 6.02. The molecule has 0 radical (unpaired) electrons. The maximum absolute atomic E-state index is 12.3. The van der Waals surface area contributed by atoms with Crippen LogP contribution in [0.5, 0.6) is 0 Å². The molecule has 0 aromatic heterocycles. The van der Waals surface area contributed by atoms with Gasteiger partial charge in [0.15, 0.2) is 0 Å². The number of hydrogen-bond acceptors (Lipinski definition) is 4. The Bertz CT molecular complexity index is 392. The Kier molecular flexibility index (Phi) is 8.86. The summed E-state index contributed by atoms with van der Waals surface area (Å²) in [6.45, 7) is 2.15. The number of carbonyl (C=O) groups excluding carboxylic acids is 2. The molecule has 0 aromatic rings. The van der Waals surface area contributed by atoms with Crippen LogP contribution in [0.25, 0.3) is 0 Å². The summed E-state index contributed by atoms with van der Waals surface area (Å²) in [5, 5.41) is 0. The molecule has 0 aliphatic heterocycles. The summed E-state index contributed by atoms with van der Waals surface area (Å²) >= 11 is 0. The first-order valence-electron chi connectivity index (χ1n) is 8.55. The van der Waals surface area contributed by atoms with E-state index < -0.39 is 0 Å². The number of carbonyl (C=O) groups is 2. The number of methoxy groups -OCH3 is 2. The van der Waals surface area contributed by atoms with Gasteiger partial charge in [-0.3, -0.25) is 0 Å². The van der Waals surface area contributed by atoms with Crippen LogP contribution in [-0.4, -0.2) is 26.2 Å². The lowest BCUT2D eigenvalue weighted by molar-refractivity contribution is -0.140. The van der Waals surface area contributed by atoms with Crippen molar-refractivity contribution in [1.29, 1.82) is 0 Å². The predicted molar refractivity (Wildman–Crippen MR) is 86.4 cm³/mol. The fraction of sp³-hybridized carbons (Fsp3) is 0.778. The molecular formula is C18H30O4. The second-order valence-corrected chi connectivity index (χ2v) is 6.02. The van der Waals surface area contributed by atoms with Crippen molar-refractivity contribution in [2.75, 3.05) is 14.2 Å². The Morgan fingerprint density at radius 2 is 1.55 bits per heavy atom. The quantitative estimate of drug-likeness (QED) is 0.383. The van der Waals surface area contributed by atoms with Crippen molar-refractivity contribution in [3.8, 4) is 0 Å². The lowest BCUT2D eigenvalue weighted by atomic mass is 9.80. The van der Waals surface area contributed by atoms with Gasteiger partial charge in [0.25, 0.3) is 0 Å². The number of unbranched alkanes of at least 4 members (excludes halogenated alkanes) is 3. The summed E-state index contributed by atoms with van der Waals surface area (Å²) in [6.07, 6.45) is 10.2. The van der Waals surface area contributed by atoms with Gasteiger partial charge < -0.3 is 9.47 Å². The van der Waals surface area contributed by atoms with E-state index in [2.05, 4.69) is 6.92 Å². The van der Waals surface area contributed by atoms with Crippen molar-refractivity contribution in [3.63, 3.8) is 0 Å².